The monoisotopic (exact) mass is 271 g/mol. The lowest BCUT2D eigenvalue weighted by Crippen LogP contribution is -2.34. The molecule has 1 fully saturated rings. The van der Waals surface area contributed by atoms with Gasteiger partial charge in [0, 0.05) is 24.9 Å². The summed E-state index contributed by atoms with van der Waals surface area (Å²) < 4.78 is 0. The van der Waals surface area contributed by atoms with E-state index in [-0.39, 0.29) is 6.04 Å². The molecule has 0 spiro atoms. The number of nitrogen functional groups attached to an aromatic ring is 1. The van der Waals surface area contributed by atoms with E-state index in [2.05, 4.69) is 15.0 Å². The molecule has 0 aliphatic heterocycles. The Kier molecular flexibility index (Phi) is 3.53. The molecule has 1 saturated carbocycles. The van der Waals surface area contributed by atoms with Crippen molar-refractivity contribution in [1.82, 2.24) is 15.0 Å². The Bertz CT molecular complexity index is 625. The molecule has 20 heavy (non-hydrogen) atoms. The van der Waals surface area contributed by atoms with Crippen molar-refractivity contribution in [2.75, 3.05) is 5.73 Å². The minimum Gasteiger partial charge on any atom is -0.383 e. The van der Waals surface area contributed by atoms with Gasteiger partial charge in [0.05, 0.1) is 10.9 Å². The third-order valence-electron chi connectivity index (χ3n) is 4.30. The Hall–Kier alpha value is -1.75. The SMILES string of the molecule is Cc1cnc(N)c2cnc(C[C@@H]3CCCC[C@@H]3N)nc12. The van der Waals surface area contributed by atoms with E-state index < -0.39 is 0 Å². The van der Waals surface area contributed by atoms with Crippen molar-refractivity contribution in [2.45, 2.75) is 45.1 Å². The van der Waals surface area contributed by atoms with Crippen molar-refractivity contribution in [3.8, 4) is 0 Å². The van der Waals surface area contributed by atoms with Crippen LogP contribution in [0.15, 0.2) is 12.4 Å². The second-order valence-corrected chi connectivity index (χ2v) is 5.79. The van der Waals surface area contributed by atoms with Crippen LogP contribution in [0.3, 0.4) is 0 Å². The fourth-order valence-corrected chi connectivity index (χ4v) is 3.03. The second kappa shape index (κ2) is 5.32. The van der Waals surface area contributed by atoms with Gasteiger partial charge in [-0.2, -0.15) is 0 Å². The molecule has 0 amide bonds. The molecule has 2 atom stereocenters. The highest BCUT2D eigenvalue weighted by Gasteiger charge is 2.23. The number of fused-ring (bicyclic) bond motifs is 1. The Morgan fingerprint density at radius 2 is 2.00 bits per heavy atom. The van der Waals surface area contributed by atoms with Crippen LogP contribution in [0.2, 0.25) is 0 Å². The van der Waals surface area contributed by atoms with Gasteiger partial charge in [-0.05, 0) is 31.2 Å². The van der Waals surface area contributed by atoms with Crippen molar-refractivity contribution < 1.29 is 0 Å². The molecule has 0 aromatic carbocycles. The summed E-state index contributed by atoms with van der Waals surface area (Å²) >= 11 is 0. The Balaban J connectivity index is 1.91. The minimum absolute atomic E-state index is 0.284. The zero-order valence-corrected chi connectivity index (χ0v) is 11.8. The normalized spacial score (nSPS) is 23.1. The highest BCUT2D eigenvalue weighted by atomic mass is 14.9. The predicted molar refractivity (Wildman–Crippen MR) is 80.1 cm³/mol. The molecule has 0 bridgehead atoms. The number of pyridine rings is 1. The van der Waals surface area contributed by atoms with E-state index >= 15 is 0 Å². The molecule has 106 valence electrons. The third kappa shape index (κ3) is 2.45. The molecule has 0 unspecified atom stereocenters. The highest BCUT2D eigenvalue weighted by Crippen LogP contribution is 2.26. The van der Waals surface area contributed by atoms with E-state index in [9.17, 15) is 0 Å². The number of nitrogens with zero attached hydrogens (tertiary/aromatic N) is 3. The number of hydrogen-bond acceptors (Lipinski definition) is 5. The van der Waals surface area contributed by atoms with Crippen molar-refractivity contribution >= 4 is 16.7 Å². The molecule has 3 rings (SSSR count). The van der Waals surface area contributed by atoms with Crippen LogP contribution in [0.5, 0.6) is 0 Å². The number of rotatable bonds is 2. The van der Waals surface area contributed by atoms with Crippen LogP contribution < -0.4 is 11.5 Å². The summed E-state index contributed by atoms with van der Waals surface area (Å²) in [6, 6.07) is 0.284. The van der Waals surface area contributed by atoms with Gasteiger partial charge in [-0.1, -0.05) is 12.8 Å². The zero-order valence-electron chi connectivity index (χ0n) is 11.8. The first-order valence-electron chi connectivity index (χ1n) is 7.27. The lowest BCUT2D eigenvalue weighted by molar-refractivity contribution is 0.302. The predicted octanol–water partition coefficient (Wildman–Crippen LogP) is 1.98. The Labute approximate surface area is 118 Å². The molecule has 0 radical (unpaired) electrons. The van der Waals surface area contributed by atoms with E-state index in [0.29, 0.717) is 11.7 Å². The van der Waals surface area contributed by atoms with Crippen molar-refractivity contribution in [2.24, 2.45) is 11.7 Å². The summed E-state index contributed by atoms with van der Waals surface area (Å²) in [5.41, 5.74) is 14.0. The molecule has 5 heteroatoms. The summed E-state index contributed by atoms with van der Waals surface area (Å²) in [5, 5.41) is 0.835. The van der Waals surface area contributed by atoms with Gasteiger partial charge in [0.25, 0.3) is 0 Å². The summed E-state index contributed by atoms with van der Waals surface area (Å²) in [7, 11) is 0. The number of aryl methyl sites for hydroxylation is 1. The van der Waals surface area contributed by atoms with Crippen LogP contribution in [0.25, 0.3) is 10.9 Å². The molecular formula is C15H21N5. The number of nitrogens with two attached hydrogens (primary N) is 2. The molecule has 1 aliphatic rings. The van der Waals surface area contributed by atoms with Gasteiger partial charge in [-0.25, -0.2) is 15.0 Å². The van der Waals surface area contributed by atoms with Crippen molar-refractivity contribution in [1.29, 1.82) is 0 Å². The maximum Gasteiger partial charge on any atom is 0.134 e. The lowest BCUT2D eigenvalue weighted by Gasteiger charge is -2.27. The maximum atomic E-state index is 6.21. The van der Waals surface area contributed by atoms with Crippen LogP contribution in [-0.4, -0.2) is 21.0 Å². The van der Waals surface area contributed by atoms with Gasteiger partial charge >= 0.3 is 0 Å². The van der Waals surface area contributed by atoms with Crippen LogP contribution in [0.1, 0.15) is 37.1 Å². The first-order chi connectivity index (χ1) is 9.65. The number of aromatic nitrogens is 3. The fourth-order valence-electron chi connectivity index (χ4n) is 3.03. The molecule has 1 aliphatic carbocycles. The Morgan fingerprint density at radius 1 is 1.20 bits per heavy atom. The lowest BCUT2D eigenvalue weighted by atomic mass is 9.83. The molecular weight excluding hydrogens is 250 g/mol. The summed E-state index contributed by atoms with van der Waals surface area (Å²) in [6.45, 7) is 2.00. The second-order valence-electron chi connectivity index (χ2n) is 5.79. The van der Waals surface area contributed by atoms with E-state index in [1.165, 1.54) is 19.3 Å². The van der Waals surface area contributed by atoms with Crippen LogP contribution in [0, 0.1) is 12.8 Å². The largest absolute Gasteiger partial charge is 0.383 e. The number of anilines is 1. The van der Waals surface area contributed by atoms with Gasteiger partial charge in [0.2, 0.25) is 0 Å². The molecule has 2 aromatic heterocycles. The van der Waals surface area contributed by atoms with Crippen LogP contribution in [-0.2, 0) is 6.42 Å². The molecule has 4 N–H and O–H groups in total. The quantitative estimate of drug-likeness (QED) is 0.871. The zero-order chi connectivity index (χ0) is 14.1. The average molecular weight is 271 g/mol. The average Bonchev–Trinajstić information content (AvgIpc) is 2.46. The van der Waals surface area contributed by atoms with Crippen molar-refractivity contribution in [3.05, 3.63) is 23.8 Å². The van der Waals surface area contributed by atoms with E-state index in [4.69, 9.17) is 11.5 Å². The van der Waals surface area contributed by atoms with Gasteiger partial charge in [0.1, 0.15) is 11.6 Å². The minimum atomic E-state index is 0.284. The van der Waals surface area contributed by atoms with E-state index in [1.54, 1.807) is 12.4 Å². The van der Waals surface area contributed by atoms with Gasteiger partial charge in [-0.15, -0.1) is 0 Å². The molecule has 5 nitrogen and oxygen atoms in total. The molecule has 2 aromatic rings. The van der Waals surface area contributed by atoms with Crippen molar-refractivity contribution in [3.63, 3.8) is 0 Å². The Morgan fingerprint density at radius 3 is 2.80 bits per heavy atom. The first kappa shape index (κ1) is 13.2. The highest BCUT2D eigenvalue weighted by molar-refractivity contribution is 5.89. The van der Waals surface area contributed by atoms with E-state index in [0.717, 1.165) is 35.1 Å². The van der Waals surface area contributed by atoms with Crippen LogP contribution in [0.4, 0.5) is 5.82 Å². The summed E-state index contributed by atoms with van der Waals surface area (Å²) in [6.07, 6.45) is 9.23. The van der Waals surface area contributed by atoms with Gasteiger partial charge in [-0.3, -0.25) is 0 Å². The summed E-state index contributed by atoms with van der Waals surface area (Å²) in [4.78, 5) is 13.3. The number of hydrogen-bond donors (Lipinski definition) is 2. The topological polar surface area (TPSA) is 90.7 Å². The first-order valence-corrected chi connectivity index (χ1v) is 7.27. The smallest absolute Gasteiger partial charge is 0.134 e. The van der Waals surface area contributed by atoms with E-state index in [1.807, 2.05) is 6.92 Å². The third-order valence-corrected chi connectivity index (χ3v) is 4.30. The standard InChI is InChI=1S/C15H21N5/c1-9-7-19-15(17)11-8-18-13(20-14(9)11)6-10-4-2-3-5-12(10)16/h7-8,10,12H,2-6,16H2,1H3,(H2,17,19)/t10-,12-/m0/s1. The van der Waals surface area contributed by atoms with Gasteiger partial charge in [0.15, 0.2) is 0 Å². The molecule has 0 saturated heterocycles. The molecule has 2 heterocycles. The summed E-state index contributed by atoms with van der Waals surface area (Å²) in [5.74, 6) is 1.86. The van der Waals surface area contributed by atoms with Gasteiger partial charge < -0.3 is 11.5 Å². The fraction of sp³-hybridized carbons (Fsp3) is 0.533. The van der Waals surface area contributed by atoms with Crippen LogP contribution >= 0.6 is 0 Å². The maximum absolute atomic E-state index is 6.21.